The Balaban J connectivity index is 1.92. The fourth-order valence-corrected chi connectivity index (χ4v) is 5.15. The topological polar surface area (TPSA) is 15.6 Å². The molecule has 0 amide bonds. The minimum Gasteiger partial charge on any atom is -0.318 e. The number of thiophene rings is 1. The maximum atomic E-state index is 4.65. The van der Waals surface area contributed by atoms with Crippen LogP contribution in [0.4, 0.5) is 0 Å². The Morgan fingerprint density at radius 3 is 2.95 bits per heavy atom. The second-order valence-corrected chi connectivity index (χ2v) is 7.84. The van der Waals surface area contributed by atoms with Crippen molar-refractivity contribution in [2.45, 2.75) is 20.8 Å². The van der Waals surface area contributed by atoms with Gasteiger partial charge in [-0.05, 0) is 52.9 Å². The average molecular weight is 314 g/mol. The molecule has 0 N–H and O–H groups in total. The largest absolute Gasteiger partial charge is 0.318 e. The van der Waals surface area contributed by atoms with E-state index in [9.17, 15) is 0 Å². The normalized spacial score (nSPS) is 18.1. The second-order valence-electron chi connectivity index (χ2n) is 5.92. The number of nitrogens with zero attached hydrogens (tertiary/aromatic N) is 2. The molecule has 4 rings (SSSR count). The monoisotopic (exact) mass is 314 g/mol. The zero-order chi connectivity index (χ0) is 14.6. The quantitative estimate of drug-likeness (QED) is 0.779. The van der Waals surface area contributed by atoms with Gasteiger partial charge in [0.05, 0.1) is 12.2 Å². The lowest BCUT2D eigenvalue weighted by molar-refractivity contribution is 0.641. The van der Waals surface area contributed by atoms with Gasteiger partial charge in [-0.3, -0.25) is 4.99 Å². The van der Waals surface area contributed by atoms with E-state index in [4.69, 9.17) is 0 Å². The van der Waals surface area contributed by atoms with E-state index in [0.29, 0.717) is 5.92 Å². The molecule has 0 saturated heterocycles. The number of aryl methyl sites for hydroxylation is 1. The van der Waals surface area contributed by atoms with Crippen LogP contribution in [0, 0.1) is 12.8 Å². The summed E-state index contributed by atoms with van der Waals surface area (Å²) in [5.41, 5.74) is 4.12. The van der Waals surface area contributed by atoms with E-state index >= 15 is 0 Å². The molecule has 21 heavy (non-hydrogen) atoms. The molecule has 108 valence electrons. The van der Waals surface area contributed by atoms with Gasteiger partial charge in [0, 0.05) is 16.1 Å². The van der Waals surface area contributed by atoms with E-state index < -0.39 is 0 Å². The summed E-state index contributed by atoms with van der Waals surface area (Å²) in [6.45, 7) is 8.73. The Morgan fingerprint density at radius 2 is 2.14 bits per heavy atom. The summed E-state index contributed by atoms with van der Waals surface area (Å²) >= 11 is 3.70. The molecule has 1 aromatic heterocycles. The van der Waals surface area contributed by atoms with Gasteiger partial charge in [-0.2, -0.15) is 0 Å². The highest BCUT2D eigenvalue weighted by Gasteiger charge is 2.34. The van der Waals surface area contributed by atoms with Crippen molar-refractivity contribution in [2.24, 2.45) is 10.9 Å². The van der Waals surface area contributed by atoms with E-state index in [1.54, 1.807) is 0 Å². The second kappa shape index (κ2) is 4.89. The molecule has 2 aliphatic rings. The number of amidine groups is 1. The molecule has 0 spiro atoms. The first-order chi connectivity index (χ1) is 10.1. The SMILES string of the molecule is Cc1cc(C2=C(C(C)C)SC3=NCCN32)cc2ccsc12. The van der Waals surface area contributed by atoms with Gasteiger partial charge in [0.1, 0.15) is 0 Å². The highest BCUT2D eigenvalue weighted by atomic mass is 32.2. The van der Waals surface area contributed by atoms with Crippen LogP contribution in [0.1, 0.15) is 25.0 Å². The molecule has 4 heteroatoms. The molecular formula is C17H18N2S2. The van der Waals surface area contributed by atoms with E-state index in [0.717, 1.165) is 13.1 Å². The fourth-order valence-electron chi connectivity index (χ4n) is 3.09. The highest BCUT2D eigenvalue weighted by Crippen LogP contribution is 2.45. The molecule has 2 nitrogen and oxygen atoms in total. The van der Waals surface area contributed by atoms with Crippen LogP contribution >= 0.6 is 23.1 Å². The van der Waals surface area contributed by atoms with E-state index in [1.165, 1.54) is 37.0 Å². The van der Waals surface area contributed by atoms with Gasteiger partial charge in [-0.1, -0.05) is 25.6 Å². The molecule has 2 aromatic rings. The van der Waals surface area contributed by atoms with Crippen LogP contribution in [0.2, 0.25) is 0 Å². The number of allylic oxidation sites excluding steroid dienone is 1. The fraction of sp³-hybridized carbons (Fsp3) is 0.353. The van der Waals surface area contributed by atoms with Gasteiger partial charge in [0.25, 0.3) is 0 Å². The third-order valence-electron chi connectivity index (χ3n) is 4.04. The van der Waals surface area contributed by atoms with Gasteiger partial charge >= 0.3 is 0 Å². The maximum absolute atomic E-state index is 4.65. The van der Waals surface area contributed by atoms with Gasteiger partial charge in [0.15, 0.2) is 5.17 Å². The van der Waals surface area contributed by atoms with Crippen LogP contribution in [-0.4, -0.2) is 23.2 Å². The maximum Gasteiger partial charge on any atom is 0.168 e. The first-order valence-electron chi connectivity index (χ1n) is 7.37. The van der Waals surface area contributed by atoms with Crippen molar-refractivity contribution in [3.63, 3.8) is 0 Å². The predicted octanol–water partition coefficient (Wildman–Crippen LogP) is 4.95. The average Bonchev–Trinajstić information content (AvgIpc) is 3.12. The lowest BCUT2D eigenvalue weighted by Gasteiger charge is -2.19. The van der Waals surface area contributed by atoms with Crippen molar-refractivity contribution in [3.8, 4) is 0 Å². The predicted molar refractivity (Wildman–Crippen MR) is 94.9 cm³/mol. The summed E-state index contributed by atoms with van der Waals surface area (Å²) in [4.78, 5) is 8.52. The Bertz CT molecular complexity index is 783. The van der Waals surface area contributed by atoms with Crippen molar-refractivity contribution in [2.75, 3.05) is 13.1 Å². The Labute approximate surface area is 133 Å². The molecule has 0 atom stereocenters. The zero-order valence-electron chi connectivity index (χ0n) is 12.5. The lowest BCUT2D eigenvalue weighted by Crippen LogP contribution is -2.20. The number of rotatable bonds is 2. The number of benzene rings is 1. The first kappa shape index (κ1) is 13.4. The molecular weight excluding hydrogens is 296 g/mol. The van der Waals surface area contributed by atoms with Crippen molar-refractivity contribution >= 4 is 44.0 Å². The zero-order valence-corrected chi connectivity index (χ0v) is 14.1. The first-order valence-corrected chi connectivity index (χ1v) is 9.07. The summed E-state index contributed by atoms with van der Waals surface area (Å²) in [5.74, 6) is 0.539. The molecule has 3 heterocycles. The number of hydrogen-bond donors (Lipinski definition) is 0. The number of fused-ring (bicyclic) bond motifs is 2. The standard InChI is InChI=1S/C17H18N2S2/c1-10(2)15-14(19-6-5-18-17(19)21-15)13-8-11(3)16-12(9-13)4-7-20-16/h4,7-10H,5-6H2,1-3H3. The van der Waals surface area contributed by atoms with Crippen LogP contribution in [-0.2, 0) is 0 Å². The molecule has 0 unspecified atom stereocenters. The molecule has 1 aromatic carbocycles. The summed E-state index contributed by atoms with van der Waals surface area (Å²) in [6, 6.07) is 6.92. The number of aliphatic imine (C=N–C) groups is 1. The van der Waals surface area contributed by atoms with Crippen molar-refractivity contribution in [1.82, 2.24) is 4.90 Å². The van der Waals surface area contributed by atoms with Crippen molar-refractivity contribution < 1.29 is 0 Å². The smallest absolute Gasteiger partial charge is 0.168 e. The van der Waals surface area contributed by atoms with Gasteiger partial charge in [-0.15, -0.1) is 11.3 Å². The molecule has 0 radical (unpaired) electrons. The molecule has 0 aliphatic carbocycles. The van der Waals surface area contributed by atoms with Crippen LogP contribution in [0.3, 0.4) is 0 Å². The molecule has 2 aliphatic heterocycles. The van der Waals surface area contributed by atoms with E-state index in [-0.39, 0.29) is 0 Å². The number of hydrogen-bond acceptors (Lipinski definition) is 4. The van der Waals surface area contributed by atoms with Crippen molar-refractivity contribution in [1.29, 1.82) is 0 Å². The van der Waals surface area contributed by atoms with Gasteiger partial charge in [-0.25, -0.2) is 0 Å². The Morgan fingerprint density at radius 1 is 1.29 bits per heavy atom. The van der Waals surface area contributed by atoms with Gasteiger partial charge < -0.3 is 4.90 Å². The Kier molecular flexibility index (Phi) is 3.12. The summed E-state index contributed by atoms with van der Waals surface area (Å²) in [6.07, 6.45) is 0. The lowest BCUT2D eigenvalue weighted by atomic mass is 10.0. The Hall–Kier alpha value is -1.26. The van der Waals surface area contributed by atoms with Crippen LogP contribution in [0.5, 0.6) is 0 Å². The third kappa shape index (κ3) is 2.04. The minimum atomic E-state index is 0.539. The highest BCUT2D eigenvalue weighted by molar-refractivity contribution is 8.17. The molecule has 0 bridgehead atoms. The summed E-state index contributed by atoms with van der Waals surface area (Å²) in [5, 5.41) is 4.74. The molecule has 0 saturated carbocycles. The van der Waals surface area contributed by atoms with E-state index in [1.807, 2.05) is 23.1 Å². The van der Waals surface area contributed by atoms with Crippen molar-refractivity contribution in [3.05, 3.63) is 39.6 Å². The third-order valence-corrected chi connectivity index (χ3v) is 6.52. The van der Waals surface area contributed by atoms with Crippen LogP contribution < -0.4 is 0 Å². The summed E-state index contributed by atoms with van der Waals surface area (Å²) < 4.78 is 1.41. The minimum absolute atomic E-state index is 0.539. The van der Waals surface area contributed by atoms with Crippen LogP contribution in [0.15, 0.2) is 33.5 Å². The number of thioether (sulfide) groups is 1. The van der Waals surface area contributed by atoms with E-state index in [2.05, 4.69) is 54.2 Å². The molecule has 0 fully saturated rings. The van der Waals surface area contributed by atoms with Gasteiger partial charge in [0.2, 0.25) is 0 Å². The van der Waals surface area contributed by atoms with Crippen LogP contribution in [0.25, 0.3) is 15.8 Å². The summed E-state index contributed by atoms with van der Waals surface area (Å²) in [7, 11) is 0.